The number of amides is 1. The lowest BCUT2D eigenvalue weighted by Crippen LogP contribution is -2.57. The molecule has 3 heterocycles. The molecule has 2 aliphatic heterocycles. The molecule has 188 valence electrons. The van der Waals surface area contributed by atoms with Crippen molar-refractivity contribution < 1.29 is 28.6 Å². The first-order chi connectivity index (χ1) is 17.2. The van der Waals surface area contributed by atoms with E-state index in [-0.39, 0.29) is 19.6 Å². The first-order valence-electron chi connectivity index (χ1n) is 12.2. The van der Waals surface area contributed by atoms with Crippen LogP contribution in [-0.2, 0) is 32.0 Å². The highest BCUT2D eigenvalue weighted by Gasteiger charge is 2.50. The molecule has 5 rings (SSSR count). The summed E-state index contributed by atoms with van der Waals surface area (Å²) >= 11 is 0. The third-order valence-electron chi connectivity index (χ3n) is 6.74. The normalized spacial score (nSPS) is 19.0. The minimum absolute atomic E-state index is 0.0479. The second kappa shape index (κ2) is 9.46. The maximum atomic E-state index is 13.5. The van der Waals surface area contributed by atoms with Gasteiger partial charge in [-0.15, -0.1) is 0 Å². The van der Waals surface area contributed by atoms with Crippen molar-refractivity contribution in [1.82, 2.24) is 9.47 Å². The van der Waals surface area contributed by atoms with E-state index in [9.17, 15) is 14.4 Å². The summed E-state index contributed by atoms with van der Waals surface area (Å²) in [7, 11) is -1.41. The first kappa shape index (κ1) is 24.1. The van der Waals surface area contributed by atoms with Crippen LogP contribution in [0.1, 0.15) is 22.9 Å². The number of rotatable bonds is 5. The average molecular weight is 507 g/mol. The van der Waals surface area contributed by atoms with Gasteiger partial charge in [-0.1, -0.05) is 68.2 Å². The van der Waals surface area contributed by atoms with E-state index in [1.165, 1.54) is 9.47 Å². The van der Waals surface area contributed by atoms with Crippen molar-refractivity contribution in [1.29, 1.82) is 0 Å². The summed E-state index contributed by atoms with van der Waals surface area (Å²) < 4.78 is 18.3. The highest BCUT2D eigenvalue weighted by atomic mass is 28.3. The first-order valence-corrected chi connectivity index (χ1v) is 15.9. The van der Waals surface area contributed by atoms with Crippen molar-refractivity contribution in [2.45, 2.75) is 50.8 Å². The van der Waals surface area contributed by atoms with Crippen LogP contribution in [0.4, 0.5) is 9.59 Å². The SMILES string of the molecule is C[Si](C)(C)CCOC(=O)N1[C@H]2Cc3c(n(C(=O)OCc4ccccc4)c4ccccc34)[C@@H]1COC2=O. The average Bonchev–Trinajstić information content (AvgIpc) is 3.18. The summed E-state index contributed by atoms with van der Waals surface area (Å²) in [5.74, 6) is -0.456. The zero-order chi connectivity index (χ0) is 25.4. The molecule has 0 unspecified atom stereocenters. The Hall–Kier alpha value is -3.59. The van der Waals surface area contributed by atoms with E-state index in [0.717, 1.165) is 22.6 Å². The number of fused-ring (bicyclic) bond motifs is 6. The Morgan fingerprint density at radius 3 is 2.44 bits per heavy atom. The minimum atomic E-state index is -1.41. The number of aromatic nitrogens is 1. The summed E-state index contributed by atoms with van der Waals surface area (Å²) in [6.07, 6.45) is -0.855. The van der Waals surface area contributed by atoms with Gasteiger partial charge in [0.1, 0.15) is 25.3 Å². The zero-order valence-electron chi connectivity index (χ0n) is 20.7. The third-order valence-corrected chi connectivity index (χ3v) is 8.44. The maximum Gasteiger partial charge on any atom is 0.419 e. The summed E-state index contributed by atoms with van der Waals surface area (Å²) in [4.78, 5) is 40.9. The molecule has 1 aromatic heterocycles. The van der Waals surface area contributed by atoms with Crippen LogP contribution in [0.25, 0.3) is 10.9 Å². The highest BCUT2D eigenvalue weighted by molar-refractivity contribution is 6.76. The van der Waals surface area contributed by atoms with E-state index < -0.39 is 38.3 Å². The summed E-state index contributed by atoms with van der Waals surface area (Å²) in [5.41, 5.74) is 3.02. The van der Waals surface area contributed by atoms with Gasteiger partial charge in [0.15, 0.2) is 0 Å². The van der Waals surface area contributed by atoms with E-state index in [1.54, 1.807) is 0 Å². The van der Waals surface area contributed by atoms with Crippen molar-refractivity contribution >= 4 is 37.1 Å². The Kier molecular flexibility index (Phi) is 6.34. The number of ether oxygens (including phenoxy) is 3. The van der Waals surface area contributed by atoms with Gasteiger partial charge in [0.2, 0.25) is 0 Å². The lowest BCUT2D eigenvalue weighted by atomic mass is 9.90. The van der Waals surface area contributed by atoms with Crippen LogP contribution in [0, 0.1) is 0 Å². The van der Waals surface area contributed by atoms with Gasteiger partial charge >= 0.3 is 18.2 Å². The fraction of sp³-hybridized carbons (Fsp3) is 0.370. The Labute approximate surface area is 210 Å². The third kappa shape index (κ3) is 4.50. The molecule has 3 aromatic rings. The van der Waals surface area contributed by atoms with Crippen LogP contribution < -0.4 is 0 Å². The number of carbonyl (C=O) groups is 3. The number of esters is 1. The van der Waals surface area contributed by atoms with E-state index in [4.69, 9.17) is 14.2 Å². The molecule has 2 atom stereocenters. The molecule has 1 amide bonds. The standard InChI is InChI=1S/C27H30N2O6Si/c1-36(2,3)14-13-33-26(31)28-22-15-20-19-11-7-8-12-21(19)29(24(20)23(28)17-34-25(22)30)27(32)35-16-18-9-5-4-6-10-18/h4-12,22-23H,13-17H2,1-3H3/t22-,23-/m0/s1. The topological polar surface area (TPSA) is 87.1 Å². The second-order valence-electron chi connectivity index (χ2n) is 10.5. The van der Waals surface area contributed by atoms with E-state index in [2.05, 4.69) is 19.6 Å². The van der Waals surface area contributed by atoms with Gasteiger partial charge in [-0.25, -0.2) is 19.0 Å². The molecular formula is C27H30N2O6Si. The zero-order valence-corrected chi connectivity index (χ0v) is 21.7. The molecule has 0 radical (unpaired) electrons. The largest absolute Gasteiger partial charge is 0.462 e. The lowest BCUT2D eigenvalue weighted by molar-refractivity contribution is -0.162. The number of nitrogens with zero attached hydrogens (tertiary/aromatic N) is 2. The number of benzene rings is 2. The smallest absolute Gasteiger partial charge is 0.419 e. The molecule has 0 saturated carbocycles. The molecule has 8 nitrogen and oxygen atoms in total. The molecule has 0 spiro atoms. The summed E-state index contributed by atoms with van der Waals surface area (Å²) in [6, 6.07) is 16.4. The van der Waals surface area contributed by atoms with Crippen molar-refractivity contribution in [2.24, 2.45) is 0 Å². The predicted molar refractivity (Wildman–Crippen MR) is 136 cm³/mol. The molecule has 1 saturated heterocycles. The number of para-hydroxylation sites is 1. The van der Waals surface area contributed by atoms with Crippen molar-refractivity contribution in [3.8, 4) is 0 Å². The van der Waals surface area contributed by atoms with Crippen LogP contribution >= 0.6 is 0 Å². The van der Waals surface area contributed by atoms with Crippen molar-refractivity contribution in [3.05, 3.63) is 71.4 Å². The fourth-order valence-electron chi connectivity index (χ4n) is 4.90. The fourth-order valence-corrected chi connectivity index (χ4v) is 5.61. The van der Waals surface area contributed by atoms with Gasteiger partial charge < -0.3 is 14.2 Å². The molecule has 36 heavy (non-hydrogen) atoms. The highest BCUT2D eigenvalue weighted by Crippen LogP contribution is 2.42. The van der Waals surface area contributed by atoms with Crippen LogP contribution in [0.3, 0.4) is 0 Å². The second-order valence-corrected chi connectivity index (χ2v) is 16.1. The molecular weight excluding hydrogens is 476 g/mol. The maximum absolute atomic E-state index is 13.5. The van der Waals surface area contributed by atoms with E-state index in [1.807, 2.05) is 54.6 Å². The Morgan fingerprint density at radius 2 is 1.69 bits per heavy atom. The van der Waals surface area contributed by atoms with Crippen LogP contribution in [0.5, 0.6) is 0 Å². The van der Waals surface area contributed by atoms with Gasteiger partial charge in [-0.2, -0.15) is 0 Å². The molecule has 0 aliphatic carbocycles. The van der Waals surface area contributed by atoms with Gasteiger partial charge in [0, 0.05) is 19.9 Å². The monoisotopic (exact) mass is 506 g/mol. The summed E-state index contributed by atoms with van der Waals surface area (Å²) in [5, 5.41) is 0.862. The lowest BCUT2D eigenvalue weighted by Gasteiger charge is -2.43. The Bertz CT molecular complexity index is 1310. The Morgan fingerprint density at radius 1 is 0.972 bits per heavy atom. The van der Waals surface area contributed by atoms with Crippen LogP contribution in [-0.4, -0.2) is 55.0 Å². The molecule has 0 N–H and O–H groups in total. The van der Waals surface area contributed by atoms with Gasteiger partial charge in [-0.3, -0.25) is 4.90 Å². The number of morpholine rings is 1. The van der Waals surface area contributed by atoms with E-state index >= 15 is 0 Å². The van der Waals surface area contributed by atoms with Crippen LogP contribution in [0.15, 0.2) is 54.6 Å². The number of carbonyl (C=O) groups excluding carboxylic acids is 3. The molecule has 9 heteroatoms. The minimum Gasteiger partial charge on any atom is -0.462 e. The molecule has 2 aliphatic rings. The van der Waals surface area contributed by atoms with Crippen molar-refractivity contribution in [3.63, 3.8) is 0 Å². The molecule has 1 fully saturated rings. The quantitative estimate of drug-likeness (QED) is 0.271. The van der Waals surface area contributed by atoms with E-state index in [0.29, 0.717) is 17.8 Å². The number of cyclic esters (lactones) is 1. The molecule has 2 bridgehead atoms. The Balaban J connectivity index is 1.51. The number of hydrogen-bond acceptors (Lipinski definition) is 6. The van der Waals surface area contributed by atoms with Crippen LogP contribution in [0.2, 0.25) is 25.7 Å². The van der Waals surface area contributed by atoms with Gasteiger partial charge in [0.05, 0.1) is 17.8 Å². The summed E-state index contributed by atoms with van der Waals surface area (Å²) in [6.45, 7) is 6.99. The molecule has 2 aromatic carbocycles. The number of hydrogen-bond donors (Lipinski definition) is 0. The van der Waals surface area contributed by atoms with Crippen molar-refractivity contribution in [2.75, 3.05) is 13.2 Å². The predicted octanol–water partition coefficient (Wildman–Crippen LogP) is 5.13. The van der Waals surface area contributed by atoms with Gasteiger partial charge in [-0.05, 0) is 23.2 Å². The van der Waals surface area contributed by atoms with Gasteiger partial charge in [0.25, 0.3) is 0 Å².